The molecule has 0 unspecified atom stereocenters. The molecule has 5 nitrogen and oxygen atoms in total. The maximum absolute atomic E-state index is 6.55. The minimum atomic E-state index is 0.665. The van der Waals surface area contributed by atoms with E-state index >= 15 is 0 Å². The molecular formula is C26H30ClN5. The molecule has 166 valence electrons. The number of halogens is 1. The van der Waals surface area contributed by atoms with E-state index in [2.05, 4.69) is 52.3 Å². The number of benzene rings is 1. The van der Waals surface area contributed by atoms with Gasteiger partial charge in [-0.1, -0.05) is 50.2 Å². The summed E-state index contributed by atoms with van der Waals surface area (Å²) in [4.78, 5) is 13.7. The fourth-order valence-electron chi connectivity index (χ4n) is 4.03. The topological polar surface area (TPSA) is 44.3 Å². The molecule has 0 spiro atoms. The number of hydrogen-bond acceptors (Lipinski definition) is 5. The first-order valence-corrected chi connectivity index (χ1v) is 11.6. The molecule has 3 aromatic rings. The average Bonchev–Trinajstić information content (AvgIpc) is 2.82. The van der Waals surface area contributed by atoms with Crippen LogP contribution in [-0.4, -0.2) is 45.9 Å². The minimum Gasteiger partial charge on any atom is -0.372 e. The van der Waals surface area contributed by atoms with Gasteiger partial charge >= 0.3 is 0 Å². The summed E-state index contributed by atoms with van der Waals surface area (Å²) in [6, 6.07) is 11.9. The lowest BCUT2D eigenvalue weighted by atomic mass is 10.1. The van der Waals surface area contributed by atoms with Gasteiger partial charge in [0.25, 0.3) is 0 Å². The highest BCUT2D eigenvalue weighted by Crippen LogP contribution is 2.30. The Morgan fingerprint density at radius 1 is 1.09 bits per heavy atom. The zero-order chi connectivity index (χ0) is 22.5. The summed E-state index contributed by atoms with van der Waals surface area (Å²) < 4.78 is 0. The van der Waals surface area contributed by atoms with Crippen molar-refractivity contribution in [1.82, 2.24) is 19.8 Å². The minimum absolute atomic E-state index is 0.665. The lowest BCUT2D eigenvalue weighted by Gasteiger charge is -2.39. The van der Waals surface area contributed by atoms with Crippen LogP contribution >= 0.6 is 11.6 Å². The molecule has 1 aliphatic heterocycles. The van der Waals surface area contributed by atoms with Gasteiger partial charge in [-0.15, -0.1) is 0 Å². The van der Waals surface area contributed by atoms with E-state index in [4.69, 9.17) is 16.6 Å². The van der Waals surface area contributed by atoms with E-state index in [-0.39, 0.29) is 0 Å². The van der Waals surface area contributed by atoms with Crippen molar-refractivity contribution >= 4 is 39.7 Å². The van der Waals surface area contributed by atoms with Crippen LogP contribution in [0.4, 0.5) is 11.5 Å². The largest absolute Gasteiger partial charge is 0.372 e. The van der Waals surface area contributed by atoms with E-state index in [0.29, 0.717) is 10.8 Å². The third kappa shape index (κ3) is 5.05. The van der Waals surface area contributed by atoms with Crippen molar-refractivity contribution in [3.05, 3.63) is 78.2 Å². The van der Waals surface area contributed by atoms with Gasteiger partial charge in [-0.05, 0) is 36.6 Å². The number of nitrogens with zero attached hydrogens (tertiary/aromatic N) is 4. The molecule has 0 aliphatic carbocycles. The summed E-state index contributed by atoms with van der Waals surface area (Å²) in [5.41, 5.74) is 5.06. The fourth-order valence-corrected chi connectivity index (χ4v) is 4.29. The molecule has 4 rings (SSSR count). The zero-order valence-electron chi connectivity index (χ0n) is 18.6. The number of pyridine rings is 2. The van der Waals surface area contributed by atoms with E-state index in [1.807, 2.05) is 24.3 Å². The Morgan fingerprint density at radius 3 is 2.59 bits per heavy atom. The van der Waals surface area contributed by atoms with E-state index in [1.54, 1.807) is 12.4 Å². The molecule has 2 aromatic heterocycles. The van der Waals surface area contributed by atoms with Crippen molar-refractivity contribution in [2.75, 3.05) is 31.5 Å². The standard InChI is InChI=1S/C26H30ClN5/c1-4-5-7-19(2)31-12-14-32(15-13-31)20(3)21-9-10-23-24(27)17-26(30-25(23)16-21)29-22-8-6-11-28-18-22/h6,8-11,16-18H,2-5,7,12-15H2,1H3,(H,29,30). The van der Waals surface area contributed by atoms with Gasteiger partial charge in [0.1, 0.15) is 5.82 Å². The van der Waals surface area contributed by atoms with Crippen LogP contribution in [0.2, 0.25) is 5.02 Å². The first-order chi connectivity index (χ1) is 15.5. The molecule has 0 bridgehead atoms. The van der Waals surface area contributed by atoms with E-state index < -0.39 is 0 Å². The van der Waals surface area contributed by atoms with Crippen LogP contribution < -0.4 is 5.32 Å². The maximum atomic E-state index is 6.55. The van der Waals surface area contributed by atoms with Crippen molar-refractivity contribution in [1.29, 1.82) is 0 Å². The number of fused-ring (bicyclic) bond motifs is 1. The molecule has 1 N–H and O–H groups in total. The number of anilines is 2. The van der Waals surface area contributed by atoms with Crippen LogP contribution in [0, 0.1) is 0 Å². The van der Waals surface area contributed by atoms with Crippen LogP contribution in [-0.2, 0) is 0 Å². The Kier molecular flexibility index (Phi) is 6.96. The first kappa shape index (κ1) is 22.2. The van der Waals surface area contributed by atoms with Crippen LogP contribution in [0.1, 0.15) is 31.7 Å². The quantitative estimate of drug-likeness (QED) is 0.437. The fraction of sp³-hybridized carbons (Fsp3) is 0.308. The van der Waals surface area contributed by atoms with E-state index in [1.165, 1.54) is 18.5 Å². The second-order valence-corrected chi connectivity index (χ2v) is 8.59. The van der Waals surface area contributed by atoms with Crippen molar-refractivity contribution in [2.45, 2.75) is 26.2 Å². The van der Waals surface area contributed by atoms with Gasteiger partial charge in [0, 0.05) is 55.2 Å². The molecule has 0 amide bonds. The molecule has 0 radical (unpaired) electrons. The highest BCUT2D eigenvalue weighted by molar-refractivity contribution is 6.35. The number of unbranched alkanes of at least 4 members (excludes halogenated alkanes) is 1. The van der Waals surface area contributed by atoms with Crippen LogP contribution in [0.15, 0.2) is 67.6 Å². The SMILES string of the molecule is C=C(CCCC)N1CCN(C(=C)c2ccc3c(Cl)cc(Nc4cccnc4)nc3c2)CC1. The zero-order valence-corrected chi connectivity index (χ0v) is 19.4. The van der Waals surface area contributed by atoms with Gasteiger partial charge in [0.15, 0.2) is 0 Å². The maximum Gasteiger partial charge on any atom is 0.132 e. The first-order valence-electron chi connectivity index (χ1n) is 11.2. The molecule has 3 heterocycles. The normalized spacial score (nSPS) is 13.9. The van der Waals surface area contributed by atoms with Crippen molar-refractivity contribution < 1.29 is 0 Å². The lowest BCUT2D eigenvalue weighted by Crippen LogP contribution is -2.44. The highest BCUT2D eigenvalue weighted by Gasteiger charge is 2.20. The van der Waals surface area contributed by atoms with Gasteiger partial charge in [-0.2, -0.15) is 0 Å². The lowest BCUT2D eigenvalue weighted by molar-refractivity contribution is 0.209. The molecule has 6 heteroatoms. The van der Waals surface area contributed by atoms with E-state index in [0.717, 1.165) is 60.5 Å². The summed E-state index contributed by atoms with van der Waals surface area (Å²) in [5, 5.41) is 4.87. The van der Waals surface area contributed by atoms with Gasteiger partial charge in [0.05, 0.1) is 22.4 Å². The van der Waals surface area contributed by atoms with E-state index in [9.17, 15) is 0 Å². The predicted molar refractivity (Wildman–Crippen MR) is 135 cm³/mol. The van der Waals surface area contributed by atoms with Crippen molar-refractivity contribution in [3.63, 3.8) is 0 Å². The molecule has 1 fully saturated rings. The Bertz CT molecular complexity index is 1100. The highest BCUT2D eigenvalue weighted by atomic mass is 35.5. The van der Waals surface area contributed by atoms with Gasteiger partial charge in [-0.3, -0.25) is 4.98 Å². The summed E-state index contributed by atoms with van der Waals surface area (Å²) >= 11 is 6.55. The number of nitrogens with one attached hydrogen (secondary N) is 1. The number of piperazine rings is 1. The van der Waals surface area contributed by atoms with Crippen molar-refractivity contribution in [2.24, 2.45) is 0 Å². The Morgan fingerprint density at radius 2 is 1.88 bits per heavy atom. The smallest absolute Gasteiger partial charge is 0.132 e. The number of aromatic nitrogens is 2. The Balaban J connectivity index is 1.48. The summed E-state index contributed by atoms with van der Waals surface area (Å²) in [6.45, 7) is 14.7. The molecular weight excluding hydrogens is 418 g/mol. The molecule has 1 aromatic carbocycles. The van der Waals surface area contributed by atoms with Crippen LogP contribution in [0.3, 0.4) is 0 Å². The number of hydrogen-bond donors (Lipinski definition) is 1. The second-order valence-electron chi connectivity index (χ2n) is 8.18. The molecule has 32 heavy (non-hydrogen) atoms. The third-order valence-corrected chi connectivity index (χ3v) is 6.27. The Labute approximate surface area is 195 Å². The van der Waals surface area contributed by atoms with Gasteiger partial charge < -0.3 is 15.1 Å². The van der Waals surface area contributed by atoms with Crippen molar-refractivity contribution in [3.8, 4) is 0 Å². The molecule has 0 atom stereocenters. The summed E-state index contributed by atoms with van der Waals surface area (Å²) in [7, 11) is 0. The number of rotatable bonds is 8. The Hall–Kier alpha value is -3.05. The molecule has 0 saturated carbocycles. The predicted octanol–water partition coefficient (Wildman–Crippen LogP) is 6.32. The van der Waals surface area contributed by atoms with Gasteiger partial charge in [0.2, 0.25) is 0 Å². The van der Waals surface area contributed by atoms with Crippen LogP contribution in [0.5, 0.6) is 0 Å². The average molecular weight is 448 g/mol. The number of allylic oxidation sites excluding steroid dienone is 1. The summed E-state index contributed by atoms with van der Waals surface area (Å²) in [6.07, 6.45) is 6.99. The third-order valence-electron chi connectivity index (χ3n) is 5.95. The molecule has 1 saturated heterocycles. The monoisotopic (exact) mass is 447 g/mol. The summed E-state index contributed by atoms with van der Waals surface area (Å²) in [5.74, 6) is 0.692. The van der Waals surface area contributed by atoms with Gasteiger partial charge in [-0.25, -0.2) is 4.98 Å². The second kappa shape index (κ2) is 10.0. The molecule has 1 aliphatic rings. The van der Waals surface area contributed by atoms with Crippen LogP contribution in [0.25, 0.3) is 16.6 Å².